The van der Waals surface area contributed by atoms with Crippen LogP contribution in [0.25, 0.3) is 0 Å². The Labute approximate surface area is 112 Å². The van der Waals surface area contributed by atoms with Crippen molar-refractivity contribution in [2.45, 2.75) is 26.0 Å². The molecule has 0 spiro atoms. The zero-order chi connectivity index (χ0) is 13.8. The first-order valence-corrected chi connectivity index (χ1v) is 6.47. The molecule has 2 unspecified atom stereocenters. The SMILES string of the molecule is CCN(CC1COc2ccccc2O1)C(C)C(=O)O. The molecule has 0 bridgehead atoms. The van der Waals surface area contributed by atoms with E-state index in [0.29, 0.717) is 19.7 Å². The first kappa shape index (κ1) is 13.7. The third kappa shape index (κ3) is 3.17. The number of benzene rings is 1. The topological polar surface area (TPSA) is 59.0 Å². The fourth-order valence-electron chi connectivity index (χ4n) is 2.13. The van der Waals surface area contributed by atoms with E-state index in [-0.39, 0.29) is 6.10 Å². The van der Waals surface area contributed by atoms with E-state index in [2.05, 4.69) is 0 Å². The Morgan fingerprint density at radius 3 is 2.79 bits per heavy atom. The molecule has 0 radical (unpaired) electrons. The van der Waals surface area contributed by atoms with Crippen LogP contribution in [0.4, 0.5) is 0 Å². The van der Waals surface area contributed by atoms with Crippen molar-refractivity contribution in [3.05, 3.63) is 24.3 Å². The number of hydrogen-bond acceptors (Lipinski definition) is 4. The van der Waals surface area contributed by atoms with E-state index < -0.39 is 12.0 Å². The van der Waals surface area contributed by atoms with E-state index in [4.69, 9.17) is 14.6 Å². The second kappa shape index (κ2) is 5.93. The minimum atomic E-state index is -0.820. The summed E-state index contributed by atoms with van der Waals surface area (Å²) in [5, 5.41) is 9.06. The highest BCUT2D eigenvalue weighted by molar-refractivity contribution is 5.72. The van der Waals surface area contributed by atoms with Crippen molar-refractivity contribution in [1.82, 2.24) is 4.90 Å². The molecule has 1 aromatic carbocycles. The molecule has 104 valence electrons. The molecule has 0 fully saturated rings. The second-order valence-corrected chi connectivity index (χ2v) is 4.60. The Bertz CT molecular complexity index is 449. The van der Waals surface area contributed by atoms with Crippen LogP contribution in [-0.2, 0) is 4.79 Å². The van der Waals surface area contributed by atoms with Gasteiger partial charge >= 0.3 is 5.97 Å². The minimum absolute atomic E-state index is 0.142. The first-order valence-electron chi connectivity index (χ1n) is 6.47. The van der Waals surface area contributed by atoms with Crippen molar-refractivity contribution in [2.24, 2.45) is 0 Å². The van der Waals surface area contributed by atoms with Crippen LogP contribution >= 0.6 is 0 Å². The number of likely N-dealkylation sites (N-methyl/N-ethyl adjacent to an activating group) is 1. The van der Waals surface area contributed by atoms with Gasteiger partial charge in [-0.05, 0) is 25.6 Å². The Kier molecular flexibility index (Phi) is 4.27. The van der Waals surface area contributed by atoms with Crippen LogP contribution in [0.5, 0.6) is 11.5 Å². The molecule has 0 amide bonds. The molecule has 2 atom stereocenters. The predicted molar refractivity (Wildman–Crippen MR) is 70.7 cm³/mol. The van der Waals surface area contributed by atoms with E-state index >= 15 is 0 Å². The van der Waals surface area contributed by atoms with Gasteiger partial charge in [-0.2, -0.15) is 0 Å². The summed E-state index contributed by atoms with van der Waals surface area (Å²) in [5.74, 6) is 0.643. The lowest BCUT2D eigenvalue weighted by atomic mass is 10.2. The lowest BCUT2D eigenvalue weighted by Crippen LogP contribution is -2.47. The molecule has 1 aromatic rings. The number of ether oxygens (including phenoxy) is 2. The van der Waals surface area contributed by atoms with Crippen molar-refractivity contribution in [3.8, 4) is 11.5 Å². The molecule has 0 saturated carbocycles. The van der Waals surface area contributed by atoms with Crippen LogP contribution in [0.1, 0.15) is 13.8 Å². The third-order valence-electron chi connectivity index (χ3n) is 3.32. The van der Waals surface area contributed by atoms with Crippen LogP contribution < -0.4 is 9.47 Å². The Balaban J connectivity index is 1.99. The average Bonchev–Trinajstić information content (AvgIpc) is 2.43. The maximum Gasteiger partial charge on any atom is 0.320 e. The third-order valence-corrected chi connectivity index (χ3v) is 3.32. The summed E-state index contributed by atoms with van der Waals surface area (Å²) in [6, 6.07) is 6.99. The lowest BCUT2D eigenvalue weighted by Gasteiger charge is -2.32. The number of carboxylic acids is 1. The Morgan fingerprint density at radius 1 is 1.47 bits per heavy atom. The van der Waals surface area contributed by atoms with Gasteiger partial charge in [-0.15, -0.1) is 0 Å². The maximum atomic E-state index is 11.0. The van der Waals surface area contributed by atoms with Crippen molar-refractivity contribution in [1.29, 1.82) is 0 Å². The number of carbonyl (C=O) groups is 1. The van der Waals surface area contributed by atoms with Gasteiger partial charge in [0.2, 0.25) is 0 Å². The fraction of sp³-hybridized carbons (Fsp3) is 0.500. The first-order chi connectivity index (χ1) is 9.11. The highest BCUT2D eigenvalue weighted by Crippen LogP contribution is 2.31. The molecule has 1 aliphatic heterocycles. The summed E-state index contributed by atoms with van der Waals surface area (Å²) >= 11 is 0. The van der Waals surface area contributed by atoms with Crippen LogP contribution in [0.2, 0.25) is 0 Å². The molecule has 0 aliphatic carbocycles. The van der Waals surface area contributed by atoms with Gasteiger partial charge < -0.3 is 14.6 Å². The lowest BCUT2D eigenvalue weighted by molar-refractivity contribution is -0.143. The van der Waals surface area contributed by atoms with Crippen molar-refractivity contribution in [3.63, 3.8) is 0 Å². The highest BCUT2D eigenvalue weighted by atomic mass is 16.6. The van der Waals surface area contributed by atoms with Gasteiger partial charge in [0, 0.05) is 6.54 Å². The van der Waals surface area contributed by atoms with E-state index in [9.17, 15) is 4.79 Å². The fourth-order valence-corrected chi connectivity index (χ4v) is 2.13. The van der Waals surface area contributed by atoms with E-state index in [1.165, 1.54) is 0 Å². The smallest absolute Gasteiger partial charge is 0.320 e. The van der Waals surface area contributed by atoms with Gasteiger partial charge in [0.25, 0.3) is 0 Å². The van der Waals surface area contributed by atoms with Gasteiger partial charge in [0.05, 0.1) is 0 Å². The average molecular weight is 265 g/mol. The van der Waals surface area contributed by atoms with Crippen molar-refractivity contribution >= 4 is 5.97 Å². The summed E-state index contributed by atoms with van der Waals surface area (Å²) in [6.07, 6.45) is -0.142. The largest absolute Gasteiger partial charge is 0.486 e. The zero-order valence-corrected chi connectivity index (χ0v) is 11.2. The number of rotatable bonds is 5. The maximum absolute atomic E-state index is 11.0. The van der Waals surface area contributed by atoms with E-state index in [0.717, 1.165) is 11.5 Å². The summed E-state index contributed by atoms with van der Waals surface area (Å²) in [4.78, 5) is 12.9. The number of aliphatic carboxylic acids is 1. The van der Waals surface area contributed by atoms with Crippen molar-refractivity contribution in [2.75, 3.05) is 19.7 Å². The molecule has 5 heteroatoms. The Morgan fingerprint density at radius 2 is 2.16 bits per heavy atom. The van der Waals surface area contributed by atoms with Gasteiger partial charge in [0.1, 0.15) is 18.8 Å². The van der Waals surface area contributed by atoms with E-state index in [1.807, 2.05) is 36.1 Å². The molecule has 1 heterocycles. The van der Waals surface area contributed by atoms with E-state index in [1.54, 1.807) is 6.92 Å². The predicted octanol–water partition coefficient (Wildman–Crippen LogP) is 1.62. The molecule has 1 aliphatic rings. The zero-order valence-electron chi connectivity index (χ0n) is 11.2. The van der Waals surface area contributed by atoms with Crippen LogP contribution in [-0.4, -0.2) is 47.8 Å². The number of hydrogen-bond donors (Lipinski definition) is 1. The van der Waals surface area contributed by atoms with Gasteiger partial charge in [-0.25, -0.2) is 0 Å². The van der Waals surface area contributed by atoms with Crippen molar-refractivity contribution < 1.29 is 19.4 Å². The molecule has 5 nitrogen and oxygen atoms in total. The van der Waals surface area contributed by atoms with Gasteiger partial charge in [0.15, 0.2) is 11.5 Å². The summed E-state index contributed by atoms with van der Waals surface area (Å²) < 4.78 is 11.5. The van der Waals surface area contributed by atoms with Crippen LogP contribution in [0.15, 0.2) is 24.3 Å². The molecule has 0 aromatic heterocycles. The van der Waals surface area contributed by atoms with Crippen LogP contribution in [0.3, 0.4) is 0 Å². The molecule has 0 saturated heterocycles. The second-order valence-electron chi connectivity index (χ2n) is 4.60. The minimum Gasteiger partial charge on any atom is -0.486 e. The number of nitrogens with zero attached hydrogens (tertiary/aromatic N) is 1. The summed E-state index contributed by atoms with van der Waals surface area (Å²) in [5.41, 5.74) is 0. The number of para-hydroxylation sites is 2. The molecule has 19 heavy (non-hydrogen) atoms. The molecular formula is C14H19NO4. The number of fused-ring (bicyclic) bond motifs is 1. The molecule has 1 N–H and O–H groups in total. The van der Waals surface area contributed by atoms with Crippen LogP contribution in [0, 0.1) is 0 Å². The highest BCUT2D eigenvalue weighted by Gasteiger charge is 2.26. The monoisotopic (exact) mass is 265 g/mol. The Hall–Kier alpha value is -1.75. The molecule has 2 rings (SSSR count). The van der Waals surface area contributed by atoms with Gasteiger partial charge in [-0.3, -0.25) is 9.69 Å². The quantitative estimate of drug-likeness (QED) is 0.876. The summed E-state index contributed by atoms with van der Waals surface area (Å²) in [6.45, 7) is 5.27. The standard InChI is InChI=1S/C14H19NO4/c1-3-15(10(2)14(16)17)8-11-9-18-12-6-4-5-7-13(12)19-11/h4-7,10-11H,3,8-9H2,1-2H3,(H,16,17). The summed E-state index contributed by atoms with van der Waals surface area (Å²) in [7, 11) is 0. The van der Waals surface area contributed by atoms with Gasteiger partial charge in [-0.1, -0.05) is 19.1 Å². The number of carboxylic acid groups (broad SMARTS) is 1. The molecular weight excluding hydrogens is 246 g/mol. The normalized spacial score (nSPS) is 19.2.